The summed E-state index contributed by atoms with van der Waals surface area (Å²) in [5, 5.41) is 17.4. The Balaban J connectivity index is 1.64. The average Bonchev–Trinajstić information content (AvgIpc) is 3.01. The molecule has 0 spiro atoms. The van der Waals surface area contributed by atoms with Crippen LogP contribution in [-0.4, -0.2) is 17.6 Å². The van der Waals surface area contributed by atoms with Crippen molar-refractivity contribution in [3.63, 3.8) is 0 Å². The Kier molecular flexibility index (Phi) is 4.53. The van der Waals surface area contributed by atoms with Gasteiger partial charge in [0.2, 0.25) is 0 Å². The van der Waals surface area contributed by atoms with Gasteiger partial charge in [-0.1, -0.05) is 19.4 Å². The molecule has 6 heteroatoms. The zero-order valence-corrected chi connectivity index (χ0v) is 15.9. The van der Waals surface area contributed by atoms with E-state index in [-0.39, 0.29) is 17.8 Å². The number of thiophene rings is 1. The maximum atomic E-state index is 12.8. The minimum atomic E-state index is -0.322. The molecule has 0 radical (unpaired) electrons. The monoisotopic (exact) mass is 372 g/mol. The van der Waals surface area contributed by atoms with Crippen LogP contribution in [0.4, 0.5) is 5.00 Å². The second kappa shape index (κ2) is 6.83. The Labute approximate surface area is 157 Å². The van der Waals surface area contributed by atoms with Crippen molar-refractivity contribution < 1.29 is 14.6 Å². The first kappa shape index (κ1) is 17.2. The van der Waals surface area contributed by atoms with Crippen LogP contribution in [0.2, 0.25) is 0 Å². The lowest BCUT2D eigenvalue weighted by atomic mass is 9.85. The van der Waals surface area contributed by atoms with Gasteiger partial charge in [-0.25, -0.2) is 0 Å². The van der Waals surface area contributed by atoms with Crippen LogP contribution in [-0.2, 0) is 12.8 Å². The van der Waals surface area contributed by atoms with Gasteiger partial charge >= 0.3 is 0 Å². The molecule has 0 unspecified atom stereocenters. The molecule has 138 valence electrons. The molecular weight excluding hydrogens is 348 g/mol. The lowest BCUT2D eigenvalue weighted by Crippen LogP contribution is -2.38. The molecule has 0 saturated carbocycles. The van der Waals surface area contributed by atoms with Crippen LogP contribution >= 0.6 is 11.3 Å². The molecule has 2 heterocycles. The van der Waals surface area contributed by atoms with Gasteiger partial charge in [-0.2, -0.15) is 0 Å². The molecule has 3 N–H and O–H groups in total. The van der Waals surface area contributed by atoms with Gasteiger partial charge in [-0.3, -0.25) is 4.79 Å². The fourth-order valence-electron chi connectivity index (χ4n) is 3.86. The number of phenolic OH excluding ortho intramolecular Hbond substituents is 1. The van der Waals surface area contributed by atoms with Crippen molar-refractivity contribution in [2.75, 3.05) is 11.9 Å². The van der Waals surface area contributed by atoms with E-state index in [0.29, 0.717) is 12.4 Å². The van der Waals surface area contributed by atoms with E-state index in [1.807, 2.05) is 6.92 Å². The topological polar surface area (TPSA) is 70.6 Å². The zero-order valence-electron chi connectivity index (χ0n) is 15.1. The van der Waals surface area contributed by atoms with E-state index in [0.717, 1.165) is 34.9 Å². The standard InChI is InChI=1S/C20H24N2O3S/c1-3-11-5-7-13-16(9-11)26-20-17(13)19(24)21-18(22-20)12-6-8-14(23)15(10-12)25-4-2/h6,8,10-11,18,22-23H,3-5,7,9H2,1-2H3,(H,21,24)/t11-,18-/m1/s1. The summed E-state index contributed by atoms with van der Waals surface area (Å²) in [6, 6.07) is 5.19. The number of nitrogens with one attached hydrogen (secondary N) is 2. The molecule has 5 nitrogen and oxygen atoms in total. The molecular formula is C20H24N2O3S. The molecule has 4 rings (SSSR count). The van der Waals surface area contributed by atoms with E-state index in [1.165, 1.54) is 23.3 Å². The highest BCUT2D eigenvalue weighted by atomic mass is 32.1. The van der Waals surface area contributed by atoms with Gasteiger partial charge in [-0.15, -0.1) is 11.3 Å². The number of hydrogen-bond acceptors (Lipinski definition) is 5. The Hall–Kier alpha value is -2.21. The third-order valence-corrected chi connectivity index (χ3v) is 6.53. The molecule has 0 saturated heterocycles. The minimum Gasteiger partial charge on any atom is -0.504 e. The number of rotatable bonds is 4. The number of phenols is 1. The quantitative estimate of drug-likeness (QED) is 0.751. The highest BCUT2D eigenvalue weighted by Crippen LogP contribution is 2.43. The first-order chi connectivity index (χ1) is 12.6. The van der Waals surface area contributed by atoms with Crippen LogP contribution < -0.4 is 15.4 Å². The van der Waals surface area contributed by atoms with Crippen LogP contribution in [0.15, 0.2) is 18.2 Å². The Bertz CT molecular complexity index is 846. The number of aromatic hydroxyl groups is 1. The molecule has 1 aromatic heterocycles. The summed E-state index contributed by atoms with van der Waals surface area (Å²) in [6.45, 7) is 4.59. The second-order valence-electron chi connectivity index (χ2n) is 6.94. The molecule has 1 amide bonds. The van der Waals surface area contributed by atoms with Gasteiger partial charge in [0.1, 0.15) is 11.2 Å². The zero-order chi connectivity index (χ0) is 18.3. The highest BCUT2D eigenvalue weighted by Gasteiger charge is 2.33. The second-order valence-corrected chi connectivity index (χ2v) is 8.04. The molecule has 0 bridgehead atoms. The van der Waals surface area contributed by atoms with Crippen LogP contribution in [0.1, 0.15) is 59.2 Å². The first-order valence-electron chi connectivity index (χ1n) is 9.28. The number of fused-ring (bicyclic) bond motifs is 3. The number of hydrogen-bond donors (Lipinski definition) is 3. The average molecular weight is 372 g/mol. The molecule has 0 fully saturated rings. The molecule has 1 aromatic carbocycles. The van der Waals surface area contributed by atoms with Gasteiger partial charge in [0.05, 0.1) is 12.2 Å². The number of ether oxygens (including phenoxy) is 1. The Morgan fingerprint density at radius 3 is 2.92 bits per heavy atom. The maximum absolute atomic E-state index is 12.8. The third-order valence-electron chi connectivity index (χ3n) is 5.34. The van der Waals surface area contributed by atoms with E-state index < -0.39 is 0 Å². The van der Waals surface area contributed by atoms with Crippen molar-refractivity contribution in [3.05, 3.63) is 39.8 Å². The summed E-state index contributed by atoms with van der Waals surface area (Å²) < 4.78 is 5.47. The van der Waals surface area contributed by atoms with E-state index in [9.17, 15) is 9.90 Å². The van der Waals surface area contributed by atoms with Gasteiger partial charge < -0.3 is 20.5 Å². The lowest BCUT2D eigenvalue weighted by molar-refractivity contribution is 0.0935. The first-order valence-corrected chi connectivity index (χ1v) is 10.1. The molecule has 2 aliphatic rings. The highest BCUT2D eigenvalue weighted by molar-refractivity contribution is 7.16. The lowest BCUT2D eigenvalue weighted by Gasteiger charge is -2.27. The third kappa shape index (κ3) is 2.92. The number of benzene rings is 1. The summed E-state index contributed by atoms with van der Waals surface area (Å²) in [6.07, 6.45) is 4.11. The number of carbonyl (C=O) groups excluding carboxylic acids is 1. The predicted molar refractivity (Wildman–Crippen MR) is 103 cm³/mol. The summed E-state index contributed by atoms with van der Waals surface area (Å²) in [4.78, 5) is 14.2. The summed E-state index contributed by atoms with van der Waals surface area (Å²) in [5.41, 5.74) is 2.93. The van der Waals surface area contributed by atoms with E-state index in [4.69, 9.17) is 4.74 Å². The van der Waals surface area contributed by atoms with Crippen molar-refractivity contribution in [2.45, 2.75) is 45.7 Å². The van der Waals surface area contributed by atoms with Gasteiger partial charge in [0, 0.05) is 4.88 Å². The van der Waals surface area contributed by atoms with Gasteiger partial charge in [-0.05, 0) is 55.4 Å². The molecule has 2 atom stereocenters. The number of anilines is 1. The fraction of sp³-hybridized carbons (Fsp3) is 0.450. The van der Waals surface area contributed by atoms with E-state index in [1.54, 1.807) is 29.5 Å². The van der Waals surface area contributed by atoms with Crippen molar-refractivity contribution in [1.29, 1.82) is 0 Å². The smallest absolute Gasteiger partial charge is 0.256 e. The van der Waals surface area contributed by atoms with E-state index >= 15 is 0 Å². The minimum absolute atomic E-state index is 0.0118. The molecule has 1 aliphatic heterocycles. The number of amides is 1. The van der Waals surface area contributed by atoms with Crippen LogP contribution in [0.25, 0.3) is 0 Å². The largest absolute Gasteiger partial charge is 0.504 e. The summed E-state index contributed by atoms with van der Waals surface area (Å²) in [5.74, 6) is 1.26. The SMILES string of the molecule is CCOc1cc([C@@H]2NC(=O)c3c(sc4c3CC[C@@H](CC)C4)N2)ccc1O. The molecule has 26 heavy (non-hydrogen) atoms. The Morgan fingerprint density at radius 1 is 1.31 bits per heavy atom. The van der Waals surface area contributed by atoms with Gasteiger partial charge in [0.25, 0.3) is 5.91 Å². The van der Waals surface area contributed by atoms with Crippen LogP contribution in [0.5, 0.6) is 11.5 Å². The summed E-state index contributed by atoms with van der Waals surface area (Å²) >= 11 is 1.72. The van der Waals surface area contributed by atoms with Gasteiger partial charge in [0.15, 0.2) is 11.5 Å². The maximum Gasteiger partial charge on any atom is 0.256 e. The number of carbonyl (C=O) groups is 1. The molecule has 1 aliphatic carbocycles. The van der Waals surface area contributed by atoms with Crippen molar-refractivity contribution in [1.82, 2.24) is 5.32 Å². The summed E-state index contributed by atoms with van der Waals surface area (Å²) in [7, 11) is 0. The van der Waals surface area contributed by atoms with E-state index in [2.05, 4.69) is 17.6 Å². The normalized spacial score (nSPS) is 21.4. The molecule has 2 aromatic rings. The van der Waals surface area contributed by atoms with Crippen molar-refractivity contribution >= 4 is 22.2 Å². The van der Waals surface area contributed by atoms with Crippen molar-refractivity contribution in [2.24, 2.45) is 5.92 Å². The Morgan fingerprint density at radius 2 is 2.15 bits per heavy atom. The van der Waals surface area contributed by atoms with Crippen LogP contribution in [0, 0.1) is 5.92 Å². The van der Waals surface area contributed by atoms with Crippen LogP contribution in [0.3, 0.4) is 0 Å². The fourth-order valence-corrected chi connectivity index (χ4v) is 5.25. The van der Waals surface area contributed by atoms with Crippen molar-refractivity contribution in [3.8, 4) is 11.5 Å². The predicted octanol–water partition coefficient (Wildman–Crippen LogP) is 4.22.